The van der Waals surface area contributed by atoms with E-state index in [0.717, 1.165) is 46.1 Å². The van der Waals surface area contributed by atoms with Crippen LogP contribution in [0.1, 0.15) is 49.8 Å². The van der Waals surface area contributed by atoms with Crippen molar-refractivity contribution in [3.8, 4) is 23.0 Å². The number of carbonyl (C=O) groups is 1. The Hall–Kier alpha value is -3.67. The molecule has 1 aliphatic rings. The smallest absolute Gasteiger partial charge is 0.231 e. The van der Waals surface area contributed by atoms with Gasteiger partial charge in [0.2, 0.25) is 12.7 Å². The molecule has 0 unspecified atom stereocenters. The molecule has 0 fully saturated rings. The maximum absolute atomic E-state index is 12.6. The molecule has 35 heavy (non-hydrogen) atoms. The van der Waals surface area contributed by atoms with Crippen LogP contribution in [-0.2, 0) is 11.3 Å². The minimum atomic E-state index is 0.0179. The highest BCUT2D eigenvalue weighted by atomic mass is 16.7. The molecule has 6 heteroatoms. The van der Waals surface area contributed by atoms with E-state index in [1.165, 1.54) is 0 Å². The van der Waals surface area contributed by atoms with Crippen molar-refractivity contribution in [2.24, 2.45) is 0 Å². The van der Waals surface area contributed by atoms with Crippen LogP contribution < -0.4 is 18.9 Å². The summed E-state index contributed by atoms with van der Waals surface area (Å²) in [5.41, 5.74) is 3.23. The van der Waals surface area contributed by atoms with E-state index in [1.807, 2.05) is 73.3 Å². The first-order chi connectivity index (χ1) is 16.9. The first-order valence-corrected chi connectivity index (χ1v) is 12.0. The van der Waals surface area contributed by atoms with Gasteiger partial charge in [-0.25, -0.2) is 0 Å². The molecule has 1 amide bonds. The van der Waals surface area contributed by atoms with Crippen LogP contribution >= 0.6 is 0 Å². The molecule has 0 spiro atoms. The standard InChI is InChI=1S/C29H33NO5/c1-20(2)35-24-12-9-22(10-13-24)18-30(21(3)31)16-15-25(26-7-5-6-8-27(26)32-4)23-11-14-28-29(17-23)34-19-33-28/h5-14,17,20,25H,15-16,18-19H2,1-4H3/t25-/m1/s1. The quantitative estimate of drug-likeness (QED) is 0.372. The minimum absolute atomic E-state index is 0.0179. The topological polar surface area (TPSA) is 57.2 Å². The van der Waals surface area contributed by atoms with Gasteiger partial charge in [-0.15, -0.1) is 0 Å². The number of nitrogens with zero attached hydrogens (tertiary/aromatic N) is 1. The number of hydrogen-bond acceptors (Lipinski definition) is 5. The van der Waals surface area contributed by atoms with Gasteiger partial charge < -0.3 is 23.8 Å². The van der Waals surface area contributed by atoms with Crippen LogP contribution in [0.5, 0.6) is 23.0 Å². The van der Waals surface area contributed by atoms with Gasteiger partial charge in [0, 0.05) is 31.5 Å². The van der Waals surface area contributed by atoms with Crippen molar-refractivity contribution in [3.63, 3.8) is 0 Å². The summed E-state index contributed by atoms with van der Waals surface area (Å²) in [7, 11) is 1.68. The number of rotatable bonds is 10. The predicted octanol–water partition coefficient (Wildman–Crippen LogP) is 5.78. The van der Waals surface area contributed by atoms with Crippen LogP contribution in [-0.4, -0.2) is 37.4 Å². The van der Waals surface area contributed by atoms with Crippen molar-refractivity contribution in [1.29, 1.82) is 0 Å². The molecular formula is C29H33NO5. The molecule has 1 aliphatic heterocycles. The maximum Gasteiger partial charge on any atom is 0.231 e. The van der Waals surface area contributed by atoms with Crippen LogP contribution in [0.25, 0.3) is 0 Å². The molecule has 0 aliphatic carbocycles. The van der Waals surface area contributed by atoms with Crippen LogP contribution in [0.4, 0.5) is 0 Å². The van der Waals surface area contributed by atoms with E-state index < -0.39 is 0 Å². The van der Waals surface area contributed by atoms with Crippen molar-refractivity contribution in [2.75, 3.05) is 20.4 Å². The maximum atomic E-state index is 12.6. The van der Waals surface area contributed by atoms with E-state index in [2.05, 4.69) is 12.1 Å². The van der Waals surface area contributed by atoms with Crippen LogP contribution in [0.2, 0.25) is 0 Å². The SMILES string of the molecule is COc1ccccc1[C@H](CCN(Cc1ccc(OC(C)C)cc1)C(C)=O)c1ccc2c(c1)OCO2. The first kappa shape index (κ1) is 24.5. The largest absolute Gasteiger partial charge is 0.496 e. The molecular weight excluding hydrogens is 442 g/mol. The van der Waals surface area contributed by atoms with Crippen LogP contribution in [0, 0.1) is 0 Å². The number of hydrogen-bond donors (Lipinski definition) is 0. The Bertz CT molecular complexity index is 1140. The Kier molecular flexibility index (Phi) is 7.80. The van der Waals surface area contributed by atoms with Gasteiger partial charge in [0.1, 0.15) is 11.5 Å². The molecule has 184 valence electrons. The number of methoxy groups -OCH3 is 1. The second kappa shape index (κ2) is 11.2. The molecule has 4 rings (SSSR count). The average molecular weight is 476 g/mol. The third-order valence-electron chi connectivity index (χ3n) is 6.11. The summed E-state index contributed by atoms with van der Waals surface area (Å²) in [4.78, 5) is 14.4. The van der Waals surface area contributed by atoms with Crippen molar-refractivity contribution in [2.45, 2.75) is 45.8 Å². The normalized spacial score (nSPS) is 12.9. The predicted molar refractivity (Wildman–Crippen MR) is 135 cm³/mol. The zero-order chi connectivity index (χ0) is 24.8. The molecule has 0 saturated heterocycles. The molecule has 0 saturated carbocycles. The second-order valence-electron chi connectivity index (χ2n) is 8.95. The summed E-state index contributed by atoms with van der Waals surface area (Å²) in [5, 5.41) is 0. The van der Waals surface area contributed by atoms with Gasteiger partial charge in [-0.05, 0) is 61.7 Å². The van der Waals surface area contributed by atoms with Gasteiger partial charge in [0.15, 0.2) is 11.5 Å². The highest BCUT2D eigenvalue weighted by molar-refractivity contribution is 5.73. The Morgan fingerprint density at radius 3 is 2.46 bits per heavy atom. The van der Waals surface area contributed by atoms with E-state index in [0.29, 0.717) is 13.1 Å². The third-order valence-corrected chi connectivity index (χ3v) is 6.11. The molecule has 1 atom stereocenters. The fourth-order valence-corrected chi connectivity index (χ4v) is 4.38. The molecule has 1 heterocycles. The van der Waals surface area contributed by atoms with E-state index in [1.54, 1.807) is 14.0 Å². The number of ether oxygens (including phenoxy) is 4. The number of fused-ring (bicyclic) bond motifs is 1. The Morgan fingerprint density at radius 1 is 1.00 bits per heavy atom. The lowest BCUT2D eigenvalue weighted by atomic mass is 9.87. The van der Waals surface area contributed by atoms with Gasteiger partial charge >= 0.3 is 0 Å². The summed E-state index contributed by atoms with van der Waals surface area (Å²) < 4.78 is 22.6. The summed E-state index contributed by atoms with van der Waals surface area (Å²) in [6.07, 6.45) is 0.853. The van der Waals surface area contributed by atoms with Gasteiger partial charge in [0.25, 0.3) is 0 Å². The van der Waals surface area contributed by atoms with Crippen LogP contribution in [0.3, 0.4) is 0 Å². The van der Waals surface area contributed by atoms with Crippen molar-refractivity contribution < 1.29 is 23.7 Å². The molecule has 0 N–H and O–H groups in total. The van der Waals surface area contributed by atoms with Gasteiger partial charge in [-0.3, -0.25) is 4.79 Å². The molecule has 0 aromatic heterocycles. The zero-order valence-electron chi connectivity index (χ0n) is 20.8. The van der Waals surface area contributed by atoms with E-state index in [-0.39, 0.29) is 24.7 Å². The third kappa shape index (κ3) is 6.07. The Labute approximate surface area is 207 Å². The van der Waals surface area contributed by atoms with Gasteiger partial charge in [0.05, 0.1) is 13.2 Å². The molecule has 0 radical (unpaired) electrons. The summed E-state index contributed by atoms with van der Waals surface area (Å²) in [6.45, 7) is 6.99. The van der Waals surface area contributed by atoms with Crippen LogP contribution in [0.15, 0.2) is 66.7 Å². The van der Waals surface area contributed by atoms with Crippen molar-refractivity contribution in [1.82, 2.24) is 4.90 Å². The molecule has 3 aromatic carbocycles. The number of carbonyl (C=O) groups excluding carboxylic acids is 1. The number of benzene rings is 3. The number of amides is 1. The van der Waals surface area contributed by atoms with E-state index in [9.17, 15) is 4.79 Å². The van der Waals surface area contributed by atoms with Crippen molar-refractivity contribution in [3.05, 3.63) is 83.4 Å². The Balaban J connectivity index is 1.55. The number of para-hydroxylation sites is 1. The van der Waals surface area contributed by atoms with Crippen molar-refractivity contribution >= 4 is 5.91 Å². The summed E-state index contributed by atoms with van der Waals surface area (Å²) in [5.74, 6) is 3.21. The highest BCUT2D eigenvalue weighted by Gasteiger charge is 2.23. The first-order valence-electron chi connectivity index (χ1n) is 12.0. The van der Waals surface area contributed by atoms with Gasteiger partial charge in [-0.2, -0.15) is 0 Å². The fourth-order valence-electron chi connectivity index (χ4n) is 4.38. The Morgan fingerprint density at radius 2 is 1.74 bits per heavy atom. The molecule has 3 aromatic rings. The van der Waals surface area contributed by atoms with Gasteiger partial charge in [-0.1, -0.05) is 36.4 Å². The fraction of sp³-hybridized carbons (Fsp3) is 0.345. The zero-order valence-corrected chi connectivity index (χ0v) is 20.8. The lowest BCUT2D eigenvalue weighted by Gasteiger charge is -2.26. The highest BCUT2D eigenvalue weighted by Crippen LogP contribution is 2.40. The summed E-state index contributed by atoms with van der Waals surface area (Å²) >= 11 is 0. The summed E-state index contributed by atoms with van der Waals surface area (Å²) in [6, 6.07) is 22.0. The van der Waals surface area contributed by atoms with E-state index in [4.69, 9.17) is 18.9 Å². The lowest BCUT2D eigenvalue weighted by molar-refractivity contribution is -0.129. The molecule has 6 nitrogen and oxygen atoms in total. The minimum Gasteiger partial charge on any atom is -0.496 e. The molecule has 0 bridgehead atoms. The second-order valence-corrected chi connectivity index (χ2v) is 8.95. The lowest BCUT2D eigenvalue weighted by Crippen LogP contribution is -2.30. The average Bonchev–Trinajstić information content (AvgIpc) is 3.32. The monoisotopic (exact) mass is 475 g/mol. The van der Waals surface area contributed by atoms with E-state index >= 15 is 0 Å².